The maximum atomic E-state index is 12.1. The molecule has 0 aliphatic heterocycles. The lowest BCUT2D eigenvalue weighted by Crippen LogP contribution is -2.21. The zero-order valence-corrected chi connectivity index (χ0v) is 10.5. The Hall–Kier alpha value is -2.04. The number of nitrogens with zero attached hydrogens (tertiary/aromatic N) is 2. The summed E-state index contributed by atoms with van der Waals surface area (Å²) in [6, 6.07) is 2.20. The van der Waals surface area contributed by atoms with Crippen molar-refractivity contribution in [3.05, 3.63) is 28.9 Å². The smallest absolute Gasteiger partial charge is 0.326 e. The quantitative estimate of drug-likeness (QED) is 0.743. The Morgan fingerprint density at radius 3 is 2.89 bits per heavy atom. The van der Waals surface area contributed by atoms with Crippen molar-refractivity contribution >= 4 is 22.1 Å². The van der Waals surface area contributed by atoms with Crippen molar-refractivity contribution < 1.29 is 0 Å². The van der Waals surface area contributed by atoms with Gasteiger partial charge in [0.05, 0.1) is 17.2 Å². The number of H-pyrrole nitrogens is 2. The fourth-order valence-corrected chi connectivity index (χ4v) is 2.62. The molecule has 0 spiro atoms. The Morgan fingerprint density at radius 2 is 2.17 bits per heavy atom. The normalized spacial score (nSPS) is 11.9. The third-order valence-electron chi connectivity index (χ3n) is 3.57. The van der Waals surface area contributed by atoms with E-state index in [1.807, 2.05) is 16.8 Å². The number of pyridine rings is 1. The van der Waals surface area contributed by atoms with E-state index in [1.165, 1.54) is 0 Å². The molecule has 3 aromatic rings. The number of aromatic nitrogens is 4. The molecule has 0 bridgehead atoms. The van der Waals surface area contributed by atoms with Gasteiger partial charge in [0.2, 0.25) is 0 Å². The molecule has 5 nitrogen and oxygen atoms in total. The van der Waals surface area contributed by atoms with E-state index >= 15 is 0 Å². The van der Waals surface area contributed by atoms with Crippen molar-refractivity contribution in [2.24, 2.45) is 0 Å². The monoisotopic (exact) mass is 244 g/mol. The van der Waals surface area contributed by atoms with Crippen molar-refractivity contribution in [3.63, 3.8) is 0 Å². The third kappa shape index (κ3) is 1.40. The zero-order valence-electron chi connectivity index (χ0n) is 10.5. The molecule has 0 atom stereocenters. The summed E-state index contributed by atoms with van der Waals surface area (Å²) in [7, 11) is 0. The molecule has 0 aliphatic carbocycles. The molecule has 0 saturated carbocycles. The first-order valence-corrected chi connectivity index (χ1v) is 6.32. The SMILES string of the molecule is CCC(CC)n1c(=O)[nH]c2cnc3[nH]ccc3c21. The highest BCUT2D eigenvalue weighted by molar-refractivity contribution is 6.00. The zero-order chi connectivity index (χ0) is 12.7. The van der Waals surface area contributed by atoms with Crippen LogP contribution in [0.3, 0.4) is 0 Å². The molecular weight excluding hydrogens is 228 g/mol. The standard InChI is InChI=1S/C13H16N4O/c1-3-8(4-2)17-11-9-5-6-14-12(9)15-7-10(11)16-13(17)18/h5-8H,3-4H2,1-2H3,(H,14,15)(H,16,18). The summed E-state index contributed by atoms with van der Waals surface area (Å²) in [6.07, 6.45) is 5.45. The highest BCUT2D eigenvalue weighted by Crippen LogP contribution is 2.25. The Kier molecular flexibility index (Phi) is 2.47. The Morgan fingerprint density at radius 1 is 1.39 bits per heavy atom. The molecule has 0 saturated heterocycles. The van der Waals surface area contributed by atoms with Gasteiger partial charge in [0.15, 0.2) is 0 Å². The maximum Gasteiger partial charge on any atom is 0.326 e. The summed E-state index contributed by atoms with van der Waals surface area (Å²) in [4.78, 5) is 22.4. The molecule has 0 radical (unpaired) electrons. The van der Waals surface area contributed by atoms with Crippen molar-refractivity contribution in [3.8, 4) is 0 Å². The van der Waals surface area contributed by atoms with Crippen LogP contribution in [0.5, 0.6) is 0 Å². The van der Waals surface area contributed by atoms with Crippen molar-refractivity contribution in [2.75, 3.05) is 0 Å². The minimum atomic E-state index is -0.0470. The molecule has 3 aromatic heterocycles. The number of aromatic amines is 2. The van der Waals surface area contributed by atoms with Gasteiger partial charge < -0.3 is 9.97 Å². The van der Waals surface area contributed by atoms with Gasteiger partial charge in [0.1, 0.15) is 5.65 Å². The van der Waals surface area contributed by atoms with Crippen LogP contribution in [0.4, 0.5) is 0 Å². The van der Waals surface area contributed by atoms with Crippen LogP contribution in [-0.4, -0.2) is 19.5 Å². The summed E-state index contributed by atoms with van der Waals surface area (Å²) in [5, 5.41) is 0.998. The molecule has 94 valence electrons. The van der Waals surface area contributed by atoms with Gasteiger partial charge in [0.25, 0.3) is 0 Å². The lowest BCUT2D eigenvalue weighted by Gasteiger charge is -2.14. The number of nitrogens with one attached hydrogen (secondary N) is 2. The lowest BCUT2D eigenvalue weighted by atomic mass is 10.1. The lowest BCUT2D eigenvalue weighted by molar-refractivity contribution is 0.472. The number of hydrogen-bond acceptors (Lipinski definition) is 2. The Balaban J connectivity index is 2.45. The molecule has 5 heteroatoms. The fraction of sp³-hybridized carbons (Fsp3) is 0.385. The van der Waals surface area contributed by atoms with Crippen LogP contribution in [0.25, 0.3) is 22.1 Å². The van der Waals surface area contributed by atoms with Crippen LogP contribution < -0.4 is 5.69 Å². The molecule has 0 fully saturated rings. The number of fused-ring (bicyclic) bond motifs is 3. The average molecular weight is 244 g/mol. The topological polar surface area (TPSA) is 66.5 Å². The Labute approximate surface area is 104 Å². The second-order valence-electron chi connectivity index (χ2n) is 4.53. The predicted molar refractivity (Wildman–Crippen MR) is 71.8 cm³/mol. The van der Waals surface area contributed by atoms with Gasteiger partial charge >= 0.3 is 5.69 Å². The fourth-order valence-electron chi connectivity index (χ4n) is 2.62. The summed E-state index contributed by atoms with van der Waals surface area (Å²) < 4.78 is 1.87. The van der Waals surface area contributed by atoms with E-state index < -0.39 is 0 Å². The molecule has 18 heavy (non-hydrogen) atoms. The van der Waals surface area contributed by atoms with E-state index in [0.717, 1.165) is 34.9 Å². The summed E-state index contributed by atoms with van der Waals surface area (Å²) in [5.74, 6) is 0. The molecule has 2 N–H and O–H groups in total. The van der Waals surface area contributed by atoms with E-state index in [9.17, 15) is 4.79 Å². The van der Waals surface area contributed by atoms with Crippen LogP contribution in [-0.2, 0) is 0 Å². The highest BCUT2D eigenvalue weighted by atomic mass is 16.1. The van der Waals surface area contributed by atoms with Crippen LogP contribution in [0.15, 0.2) is 23.3 Å². The van der Waals surface area contributed by atoms with Gasteiger partial charge in [-0.25, -0.2) is 9.78 Å². The van der Waals surface area contributed by atoms with Gasteiger partial charge in [-0.1, -0.05) is 13.8 Å². The van der Waals surface area contributed by atoms with Crippen LogP contribution >= 0.6 is 0 Å². The first kappa shape index (κ1) is 11.1. The first-order chi connectivity index (χ1) is 8.76. The third-order valence-corrected chi connectivity index (χ3v) is 3.57. The van der Waals surface area contributed by atoms with Gasteiger partial charge in [-0.2, -0.15) is 0 Å². The van der Waals surface area contributed by atoms with Crippen molar-refractivity contribution in [1.82, 2.24) is 19.5 Å². The summed E-state index contributed by atoms with van der Waals surface area (Å²) in [5.41, 5.74) is 2.54. The minimum Gasteiger partial charge on any atom is -0.346 e. The molecule has 3 heterocycles. The minimum absolute atomic E-state index is 0.0470. The second-order valence-corrected chi connectivity index (χ2v) is 4.53. The number of hydrogen-bond donors (Lipinski definition) is 2. The van der Waals surface area contributed by atoms with E-state index in [2.05, 4.69) is 28.8 Å². The molecule has 0 aliphatic rings. The molecular formula is C13H16N4O. The van der Waals surface area contributed by atoms with Crippen LogP contribution in [0, 0.1) is 0 Å². The largest absolute Gasteiger partial charge is 0.346 e. The summed E-state index contributed by atoms with van der Waals surface area (Å²) in [6.45, 7) is 4.21. The second kappa shape index (κ2) is 4.01. The van der Waals surface area contributed by atoms with Crippen LogP contribution in [0.1, 0.15) is 32.7 Å². The molecule has 0 aromatic carbocycles. The summed E-state index contributed by atoms with van der Waals surface area (Å²) >= 11 is 0. The van der Waals surface area contributed by atoms with Gasteiger partial charge in [-0.15, -0.1) is 0 Å². The van der Waals surface area contributed by atoms with E-state index in [0.29, 0.717) is 0 Å². The number of imidazole rings is 1. The molecule has 0 unspecified atom stereocenters. The highest BCUT2D eigenvalue weighted by Gasteiger charge is 2.16. The molecule has 3 rings (SSSR count). The van der Waals surface area contributed by atoms with E-state index in [4.69, 9.17) is 0 Å². The Bertz CT molecular complexity index is 745. The maximum absolute atomic E-state index is 12.1. The number of rotatable bonds is 3. The van der Waals surface area contributed by atoms with Gasteiger partial charge in [-0.3, -0.25) is 4.57 Å². The van der Waals surface area contributed by atoms with Crippen molar-refractivity contribution in [2.45, 2.75) is 32.7 Å². The van der Waals surface area contributed by atoms with Gasteiger partial charge in [-0.05, 0) is 18.9 Å². The van der Waals surface area contributed by atoms with Gasteiger partial charge in [0, 0.05) is 17.6 Å². The first-order valence-electron chi connectivity index (χ1n) is 6.32. The van der Waals surface area contributed by atoms with E-state index in [1.54, 1.807) is 6.20 Å². The van der Waals surface area contributed by atoms with Crippen molar-refractivity contribution in [1.29, 1.82) is 0 Å². The average Bonchev–Trinajstić information content (AvgIpc) is 2.95. The molecule has 0 amide bonds. The predicted octanol–water partition coefficient (Wildman–Crippen LogP) is 2.57. The van der Waals surface area contributed by atoms with E-state index in [-0.39, 0.29) is 11.7 Å². The van der Waals surface area contributed by atoms with Crippen LogP contribution in [0.2, 0.25) is 0 Å².